The number of aliphatic hydroxyl groups is 1. The van der Waals surface area contributed by atoms with Gasteiger partial charge in [0.1, 0.15) is 0 Å². The smallest absolute Gasteiger partial charge is 1.00 e. The summed E-state index contributed by atoms with van der Waals surface area (Å²) in [6.07, 6.45) is 0. The molecule has 0 saturated heterocycles. The number of halogens is 3. The molecule has 15 heteroatoms. The van der Waals surface area contributed by atoms with Crippen molar-refractivity contribution in [3.63, 3.8) is 0 Å². The van der Waals surface area contributed by atoms with E-state index >= 15 is 0 Å². The Morgan fingerprint density at radius 2 is 0.941 bits per heavy atom. The van der Waals surface area contributed by atoms with Crippen LogP contribution in [0.2, 0.25) is 0 Å². The maximum atomic E-state index is 8.88. The van der Waals surface area contributed by atoms with Gasteiger partial charge in [-0.25, -0.2) is 9.13 Å². The molecule has 7 N–H and O–H groups in total. The second kappa shape index (κ2) is 12.1. The average molecular weight is 387 g/mol. The first kappa shape index (κ1) is 27.6. The molecule has 0 aromatic carbocycles. The molecule has 0 bridgehead atoms. The number of aliphatic hydroxyl groups excluding tert-OH is 1. The normalized spacial score (nSPS) is 11.2. The largest absolute Gasteiger partial charge is 2.00 e. The molecule has 0 radical (unpaired) electrons. The first-order valence-electron chi connectivity index (χ1n) is 2.80. The van der Waals surface area contributed by atoms with Crippen molar-refractivity contribution in [2.45, 2.75) is 3.79 Å². The van der Waals surface area contributed by atoms with Gasteiger partial charge in [0.2, 0.25) is 3.79 Å². The van der Waals surface area contributed by atoms with Gasteiger partial charge in [0.25, 0.3) is 0 Å². The fourth-order valence-corrected chi connectivity index (χ4v) is 0. The van der Waals surface area contributed by atoms with Crippen molar-refractivity contribution in [1.82, 2.24) is 0 Å². The van der Waals surface area contributed by atoms with Gasteiger partial charge in [-0.2, -0.15) is 0 Å². The summed E-state index contributed by atoms with van der Waals surface area (Å²) in [6, 6.07) is 0. The van der Waals surface area contributed by atoms with Crippen LogP contribution in [0.15, 0.2) is 0 Å². The van der Waals surface area contributed by atoms with E-state index in [0.717, 1.165) is 0 Å². The van der Waals surface area contributed by atoms with Gasteiger partial charge in [-0.3, -0.25) is 0 Å². The molecule has 0 aliphatic carbocycles. The molecule has 0 aliphatic heterocycles. The Morgan fingerprint density at radius 1 is 0.882 bits per heavy atom. The molecular formula is C2H11CaCl3O9P2. The zero-order valence-electron chi connectivity index (χ0n) is 9.89. The number of hydrogen-bond donors (Lipinski definition) is 7. The zero-order valence-corrected chi connectivity index (χ0v) is 14.2. The minimum absolute atomic E-state index is 0. The van der Waals surface area contributed by atoms with Crippen LogP contribution in [0.1, 0.15) is 2.85 Å². The molecule has 0 aliphatic rings. The Bertz CT molecular complexity index is 228. The van der Waals surface area contributed by atoms with Gasteiger partial charge >= 0.3 is 53.4 Å². The molecule has 0 atom stereocenters. The molecule has 0 spiro atoms. The molecule has 0 fully saturated rings. The number of phosphoric acid groups is 2. The second-order valence-electron chi connectivity index (χ2n) is 1.80. The molecule has 0 aromatic rings. The molecule has 0 heterocycles. The number of alkyl halides is 3. The van der Waals surface area contributed by atoms with Crippen LogP contribution >= 0.6 is 50.4 Å². The monoisotopic (exact) mass is 386 g/mol. The fraction of sp³-hybridized carbons (Fsp3) is 1.00. The summed E-state index contributed by atoms with van der Waals surface area (Å²) in [4.78, 5) is 43.1. The van der Waals surface area contributed by atoms with Crippen LogP contribution in [-0.2, 0) is 9.13 Å². The van der Waals surface area contributed by atoms with Crippen molar-refractivity contribution in [1.29, 1.82) is 0 Å². The van der Waals surface area contributed by atoms with Crippen molar-refractivity contribution in [2.24, 2.45) is 0 Å². The molecule has 9 nitrogen and oxygen atoms in total. The van der Waals surface area contributed by atoms with Crippen LogP contribution < -0.4 is 0 Å². The van der Waals surface area contributed by atoms with Crippen molar-refractivity contribution in [3.8, 4) is 0 Å². The Labute approximate surface area is 144 Å². The summed E-state index contributed by atoms with van der Waals surface area (Å²) in [5, 5.41) is 8.01. The zero-order chi connectivity index (χ0) is 14.2. The summed E-state index contributed by atoms with van der Waals surface area (Å²) >= 11 is 15.0. The minimum Gasteiger partial charge on any atom is -1.00 e. The third kappa shape index (κ3) is 173. The van der Waals surface area contributed by atoms with Gasteiger partial charge in [-0.1, -0.05) is 34.8 Å². The van der Waals surface area contributed by atoms with Gasteiger partial charge < -0.3 is 37.3 Å². The summed E-state index contributed by atoms with van der Waals surface area (Å²) in [6.45, 7) is -0.433. The first-order chi connectivity index (χ1) is 6.56. The predicted molar refractivity (Wildman–Crippen MR) is 63.9 cm³/mol. The molecule has 0 rings (SSSR count). The van der Waals surface area contributed by atoms with E-state index in [9.17, 15) is 0 Å². The minimum atomic E-state index is -4.64. The maximum absolute atomic E-state index is 8.88. The maximum Gasteiger partial charge on any atom is 2.00 e. The molecule has 0 unspecified atom stereocenters. The molecule has 0 saturated carbocycles. The van der Waals surface area contributed by atoms with E-state index in [1.807, 2.05) is 0 Å². The summed E-state index contributed by atoms with van der Waals surface area (Å²) in [7, 11) is -9.28. The van der Waals surface area contributed by atoms with E-state index in [2.05, 4.69) is 0 Å². The molecule has 0 amide bonds. The van der Waals surface area contributed by atoms with Crippen LogP contribution in [0.5, 0.6) is 0 Å². The van der Waals surface area contributed by atoms with E-state index in [1.54, 1.807) is 0 Å². The van der Waals surface area contributed by atoms with Crippen molar-refractivity contribution in [3.05, 3.63) is 0 Å². The van der Waals surface area contributed by atoms with Crippen molar-refractivity contribution < 1.29 is 46.5 Å². The third-order valence-electron chi connectivity index (χ3n) is 0.179. The van der Waals surface area contributed by atoms with Gasteiger partial charge in [0.05, 0.1) is 6.61 Å². The van der Waals surface area contributed by atoms with Crippen LogP contribution in [0.4, 0.5) is 0 Å². The quantitative estimate of drug-likeness (QED) is 0.161. The van der Waals surface area contributed by atoms with Gasteiger partial charge in [0, 0.05) is 0 Å². The standard InChI is InChI=1S/C2H3Cl3O.Ca.2H3O4P.2H/c3-2(4,5)1-6;;2*1-5(2,3)4;;/h6H,1H2;;2*(H3,1,2,3,4);;/q;+2;;;2*-1. The van der Waals surface area contributed by atoms with E-state index in [4.69, 9.17) is 78.4 Å². The van der Waals surface area contributed by atoms with Gasteiger partial charge in [0.15, 0.2) is 0 Å². The molecule has 0 aromatic heterocycles. The van der Waals surface area contributed by atoms with E-state index in [0.29, 0.717) is 0 Å². The van der Waals surface area contributed by atoms with Crippen LogP contribution in [0.25, 0.3) is 0 Å². The molecule has 106 valence electrons. The van der Waals surface area contributed by atoms with Crippen molar-refractivity contribution in [2.75, 3.05) is 6.61 Å². The Balaban J connectivity index is -0.0000000311. The Morgan fingerprint density at radius 3 is 0.941 bits per heavy atom. The van der Waals surface area contributed by atoms with Crippen LogP contribution in [0.3, 0.4) is 0 Å². The van der Waals surface area contributed by atoms with Crippen molar-refractivity contribution >= 4 is 88.2 Å². The SMILES string of the molecule is O=P(O)(O)O.O=P(O)(O)O.OCC(Cl)(Cl)Cl.[Ca+2].[H-].[H-]. The number of rotatable bonds is 0. The summed E-state index contributed by atoms with van der Waals surface area (Å²) < 4.78 is 16.3. The topological polar surface area (TPSA) is 176 Å². The molecular weight excluding hydrogens is 376 g/mol. The van der Waals surface area contributed by atoms with Crippen LogP contribution in [0, 0.1) is 0 Å². The predicted octanol–water partition coefficient (Wildman–Crippen LogP) is -0.664. The van der Waals surface area contributed by atoms with Crippen LogP contribution in [-0.4, -0.2) is 82.6 Å². The van der Waals surface area contributed by atoms with E-state index < -0.39 is 26.0 Å². The average Bonchev–Trinajstić information content (AvgIpc) is 1.77. The summed E-state index contributed by atoms with van der Waals surface area (Å²) in [5.41, 5.74) is 0. The Kier molecular flexibility index (Phi) is 19.6. The van der Waals surface area contributed by atoms with Gasteiger partial charge in [-0.05, 0) is 0 Å². The van der Waals surface area contributed by atoms with E-state index in [1.165, 1.54) is 0 Å². The fourth-order valence-electron chi connectivity index (χ4n) is 0. The summed E-state index contributed by atoms with van der Waals surface area (Å²) in [5.74, 6) is 0. The van der Waals surface area contributed by atoms with E-state index in [-0.39, 0.29) is 40.6 Å². The third-order valence-corrected chi connectivity index (χ3v) is 0.538. The molecule has 17 heavy (non-hydrogen) atoms. The van der Waals surface area contributed by atoms with Gasteiger partial charge in [-0.15, -0.1) is 0 Å². The second-order valence-corrected chi connectivity index (χ2v) is 6.37. The first-order valence-corrected chi connectivity index (χ1v) is 7.07. The Hall–Kier alpha value is 2.31. The number of hydrogen-bond acceptors (Lipinski definition) is 3.